The van der Waals surface area contributed by atoms with Crippen molar-refractivity contribution in [2.24, 2.45) is 0 Å². The summed E-state index contributed by atoms with van der Waals surface area (Å²) < 4.78 is 0. The molecule has 4 nitrogen and oxygen atoms in total. The molecule has 6 heteroatoms. The van der Waals surface area contributed by atoms with Gasteiger partial charge in [-0.2, -0.15) is 0 Å². The number of aromatic nitrogens is 2. The van der Waals surface area contributed by atoms with Gasteiger partial charge in [-0.3, -0.25) is 9.97 Å². The van der Waals surface area contributed by atoms with Gasteiger partial charge in [0.15, 0.2) is 0 Å². The van der Waals surface area contributed by atoms with Crippen molar-refractivity contribution in [3.05, 3.63) is 182 Å². The Morgan fingerprint density at radius 1 is 0.396 bits per heavy atom. The molecule has 0 N–H and O–H groups in total. The van der Waals surface area contributed by atoms with Crippen LogP contribution in [0.1, 0.15) is 0 Å². The summed E-state index contributed by atoms with van der Waals surface area (Å²) in [5, 5.41) is 4.39. The molecule has 0 radical (unpaired) electrons. The van der Waals surface area contributed by atoms with Gasteiger partial charge in [-0.15, -0.1) is 0 Å². The molecule has 0 saturated carbocycles. The lowest BCUT2D eigenvalue weighted by Gasteiger charge is -2.50. The Balaban J connectivity index is 1.28. The van der Waals surface area contributed by atoms with Crippen LogP contribution >= 0.6 is 0 Å². The topological polar surface area (TPSA) is 32.3 Å². The first-order valence-electron chi connectivity index (χ1n) is 18.3. The molecule has 3 aliphatic rings. The van der Waals surface area contributed by atoms with Crippen molar-refractivity contribution >= 4 is 80.9 Å². The number of para-hydroxylation sites is 2. The Bertz CT molecular complexity index is 2560. The molecule has 0 spiro atoms. The molecule has 53 heavy (non-hydrogen) atoms. The van der Waals surface area contributed by atoms with Gasteiger partial charge in [0, 0.05) is 46.3 Å². The third kappa shape index (κ3) is 4.18. The van der Waals surface area contributed by atoms with E-state index in [0.29, 0.717) is 0 Å². The van der Waals surface area contributed by atoms with Crippen molar-refractivity contribution in [1.29, 1.82) is 0 Å². The molecule has 5 heterocycles. The summed E-state index contributed by atoms with van der Waals surface area (Å²) in [4.78, 5) is 14.8. The van der Waals surface area contributed by atoms with E-state index in [1.165, 1.54) is 54.7 Å². The molecule has 0 atom stereocenters. The van der Waals surface area contributed by atoms with Gasteiger partial charge in [-0.25, -0.2) is 0 Å². The van der Waals surface area contributed by atoms with Gasteiger partial charge in [-0.05, 0) is 82.2 Å². The lowest BCUT2D eigenvalue weighted by atomic mass is 9.33. The van der Waals surface area contributed by atoms with Crippen LogP contribution in [0, 0.1) is 0 Å². The molecule has 0 bridgehead atoms. The second-order valence-electron chi connectivity index (χ2n) is 14.2. The van der Waals surface area contributed by atoms with E-state index < -0.39 is 8.07 Å². The molecule has 8 aromatic rings. The molecule has 6 aromatic carbocycles. The number of hydrogen-bond acceptors (Lipinski definition) is 4. The van der Waals surface area contributed by atoms with Crippen molar-refractivity contribution in [2.75, 3.05) is 9.80 Å². The molecule has 0 aliphatic carbocycles. The number of benzene rings is 6. The summed E-state index contributed by atoms with van der Waals surface area (Å²) in [6, 6.07) is 62.2. The van der Waals surface area contributed by atoms with Crippen LogP contribution in [0.2, 0.25) is 6.55 Å². The fourth-order valence-electron chi connectivity index (χ4n) is 9.46. The highest BCUT2D eigenvalue weighted by molar-refractivity contribution is 7.21. The fourth-order valence-corrected chi connectivity index (χ4v) is 13.7. The summed E-state index contributed by atoms with van der Waals surface area (Å²) >= 11 is 0. The van der Waals surface area contributed by atoms with E-state index in [0.717, 1.165) is 33.9 Å². The van der Waals surface area contributed by atoms with E-state index in [-0.39, 0.29) is 6.71 Å². The Labute approximate surface area is 310 Å². The Hall–Kier alpha value is -6.50. The maximum Gasteiger partial charge on any atom is 0.251 e. The summed E-state index contributed by atoms with van der Waals surface area (Å²) in [5.41, 5.74) is 15.5. The molecule has 0 fully saturated rings. The van der Waals surface area contributed by atoms with E-state index in [9.17, 15) is 0 Å². The van der Waals surface area contributed by atoms with Crippen molar-refractivity contribution in [3.63, 3.8) is 0 Å². The van der Waals surface area contributed by atoms with Gasteiger partial charge in [0.05, 0.1) is 22.8 Å². The van der Waals surface area contributed by atoms with Crippen molar-refractivity contribution < 1.29 is 0 Å². The third-order valence-corrected chi connectivity index (χ3v) is 16.2. The molecule has 11 rings (SSSR count). The standard InChI is InChI=1S/C47H33BN4Si/c1-53(32-16-3-2-4-17-32)43-28-14-26-41-46(43)48-45-39(51(41)37-22-7-5-18-33(37)35-20-9-11-30-49-35)24-13-25-40(45)52(42-27-15-29-44(53)47(42)48)38-23-8-6-19-34(38)36-21-10-12-31-50-36/h2-31H,1H3. The summed E-state index contributed by atoms with van der Waals surface area (Å²) in [6.45, 7) is 2.65. The largest absolute Gasteiger partial charge is 0.311 e. The number of pyridine rings is 2. The highest BCUT2D eigenvalue weighted by Crippen LogP contribution is 2.47. The zero-order chi connectivity index (χ0) is 35.1. The average molecular weight is 693 g/mol. The molecule has 248 valence electrons. The molecule has 2 aromatic heterocycles. The van der Waals surface area contributed by atoms with Gasteiger partial charge in [-0.1, -0.05) is 126 Å². The maximum absolute atomic E-state index is 4.85. The number of rotatable bonds is 5. The highest BCUT2D eigenvalue weighted by Gasteiger charge is 2.53. The molecule has 0 amide bonds. The predicted molar refractivity (Wildman–Crippen MR) is 224 cm³/mol. The minimum absolute atomic E-state index is 0.0828. The van der Waals surface area contributed by atoms with Crippen LogP contribution in [0.25, 0.3) is 22.5 Å². The summed E-state index contributed by atoms with van der Waals surface area (Å²) in [5.74, 6) is 0. The van der Waals surface area contributed by atoms with Crippen molar-refractivity contribution in [1.82, 2.24) is 9.97 Å². The molecule has 0 unspecified atom stereocenters. The van der Waals surface area contributed by atoms with Gasteiger partial charge in [0.2, 0.25) is 0 Å². The monoisotopic (exact) mass is 692 g/mol. The van der Waals surface area contributed by atoms with Crippen LogP contribution in [0.5, 0.6) is 0 Å². The van der Waals surface area contributed by atoms with Crippen LogP contribution in [-0.2, 0) is 0 Å². The highest BCUT2D eigenvalue weighted by atomic mass is 28.3. The second-order valence-corrected chi connectivity index (χ2v) is 18.2. The number of nitrogens with zero attached hydrogens (tertiary/aromatic N) is 4. The van der Waals surface area contributed by atoms with Gasteiger partial charge in [0.1, 0.15) is 8.07 Å². The summed E-state index contributed by atoms with van der Waals surface area (Å²) in [7, 11) is -2.53. The smallest absolute Gasteiger partial charge is 0.251 e. The van der Waals surface area contributed by atoms with Crippen LogP contribution in [0.15, 0.2) is 182 Å². The van der Waals surface area contributed by atoms with E-state index in [4.69, 9.17) is 9.97 Å². The maximum atomic E-state index is 4.85. The summed E-state index contributed by atoms with van der Waals surface area (Å²) in [6.07, 6.45) is 3.78. The molecule has 0 saturated heterocycles. The lowest BCUT2D eigenvalue weighted by Crippen LogP contribution is -2.83. The first-order valence-corrected chi connectivity index (χ1v) is 20.8. The van der Waals surface area contributed by atoms with Crippen LogP contribution in [0.4, 0.5) is 34.1 Å². The molecular formula is C47H33BN4Si. The molecular weight excluding hydrogens is 659 g/mol. The minimum atomic E-state index is -2.53. The van der Waals surface area contributed by atoms with Crippen LogP contribution in [0.3, 0.4) is 0 Å². The number of hydrogen-bond donors (Lipinski definition) is 0. The predicted octanol–water partition coefficient (Wildman–Crippen LogP) is 7.31. The normalized spacial score (nSPS) is 14.2. The first kappa shape index (κ1) is 30.2. The minimum Gasteiger partial charge on any atom is -0.311 e. The zero-order valence-electron chi connectivity index (χ0n) is 29.2. The van der Waals surface area contributed by atoms with Gasteiger partial charge < -0.3 is 9.80 Å². The van der Waals surface area contributed by atoms with E-state index in [2.05, 4.69) is 174 Å². The van der Waals surface area contributed by atoms with Crippen LogP contribution < -0.4 is 41.7 Å². The lowest BCUT2D eigenvalue weighted by molar-refractivity contribution is 1.24. The Morgan fingerprint density at radius 3 is 1.30 bits per heavy atom. The average Bonchev–Trinajstić information content (AvgIpc) is 3.23. The Kier molecular flexibility index (Phi) is 6.55. The van der Waals surface area contributed by atoms with Crippen molar-refractivity contribution in [2.45, 2.75) is 6.55 Å². The number of anilines is 6. The molecule has 3 aliphatic heterocycles. The third-order valence-electron chi connectivity index (χ3n) is 11.7. The first-order chi connectivity index (χ1) is 26.2. The van der Waals surface area contributed by atoms with E-state index in [1.807, 2.05) is 24.5 Å². The Morgan fingerprint density at radius 2 is 0.811 bits per heavy atom. The van der Waals surface area contributed by atoms with Crippen molar-refractivity contribution in [3.8, 4) is 22.5 Å². The van der Waals surface area contributed by atoms with E-state index >= 15 is 0 Å². The SMILES string of the molecule is C[Si]1(c2ccccc2)c2cccc3c2B2c4c(cccc4N(c4ccccc4-c4ccccn4)c4cccc1c42)N3c1ccccc1-c1ccccn1. The van der Waals surface area contributed by atoms with Crippen LogP contribution in [-0.4, -0.2) is 24.8 Å². The van der Waals surface area contributed by atoms with E-state index in [1.54, 1.807) is 0 Å². The zero-order valence-corrected chi connectivity index (χ0v) is 30.2. The quantitative estimate of drug-likeness (QED) is 0.177. The van der Waals surface area contributed by atoms with Gasteiger partial charge in [0.25, 0.3) is 6.71 Å². The fraction of sp³-hybridized carbons (Fsp3) is 0.0213. The van der Waals surface area contributed by atoms with Gasteiger partial charge >= 0.3 is 0 Å². The second kappa shape index (κ2) is 11.5.